The molecule has 232 valence electrons. The Hall–Kier alpha value is -2.94. The van der Waals surface area contributed by atoms with Gasteiger partial charge in [0.1, 0.15) is 17.7 Å². The van der Waals surface area contributed by atoms with Gasteiger partial charge in [-0.1, -0.05) is 43.5 Å². The van der Waals surface area contributed by atoms with Crippen molar-refractivity contribution in [1.29, 1.82) is 0 Å². The Morgan fingerprint density at radius 3 is 2.45 bits per heavy atom. The lowest BCUT2D eigenvalue weighted by Crippen LogP contribution is -2.58. The number of amides is 3. The van der Waals surface area contributed by atoms with E-state index in [1.54, 1.807) is 32.6 Å². The molecule has 9 heteroatoms. The number of nitrogens with one attached hydrogen (secondary N) is 1. The summed E-state index contributed by atoms with van der Waals surface area (Å²) in [5.41, 5.74) is 8.22. The van der Waals surface area contributed by atoms with Crippen LogP contribution in [0, 0.1) is 5.92 Å². The molecule has 5 atom stereocenters. The Balaban J connectivity index is 1.50. The zero-order chi connectivity index (χ0) is 30.6. The van der Waals surface area contributed by atoms with Crippen molar-refractivity contribution < 1.29 is 23.9 Å². The van der Waals surface area contributed by atoms with E-state index >= 15 is 0 Å². The van der Waals surface area contributed by atoms with Crippen LogP contribution in [0.1, 0.15) is 103 Å². The Bertz CT molecular complexity index is 1140. The van der Waals surface area contributed by atoms with Crippen LogP contribution in [-0.2, 0) is 25.5 Å². The van der Waals surface area contributed by atoms with Gasteiger partial charge < -0.3 is 20.7 Å². The molecule has 42 heavy (non-hydrogen) atoms. The van der Waals surface area contributed by atoms with Crippen molar-refractivity contribution in [3.63, 3.8) is 0 Å². The molecule has 1 heterocycles. The number of Topliss-reactive ketones (excluding diaryl/α,β-unsaturated/α-hetero) is 1. The number of nitrogens with two attached hydrogens (primary N) is 1. The first-order chi connectivity index (χ1) is 19.9. The van der Waals surface area contributed by atoms with Gasteiger partial charge in [0.2, 0.25) is 11.8 Å². The lowest BCUT2D eigenvalue weighted by Gasteiger charge is -2.36. The number of benzene rings is 1. The fraction of sp³-hybridized carbons (Fsp3) is 0.697. The number of ether oxygens (including phenoxy) is 1. The molecule has 0 aromatic heterocycles. The van der Waals surface area contributed by atoms with E-state index in [0.29, 0.717) is 19.4 Å². The summed E-state index contributed by atoms with van der Waals surface area (Å²) < 4.78 is 5.44. The van der Waals surface area contributed by atoms with Gasteiger partial charge in [0, 0.05) is 26.1 Å². The number of likely N-dealkylation sites (tertiary alicyclic amines) is 1. The monoisotopic (exact) mass is 582 g/mol. The maximum absolute atomic E-state index is 14.2. The molecule has 2 aliphatic carbocycles. The molecule has 1 saturated carbocycles. The predicted molar refractivity (Wildman–Crippen MR) is 162 cm³/mol. The minimum atomic E-state index is -0.844. The first kappa shape index (κ1) is 32.0. The molecular weight excluding hydrogens is 532 g/mol. The van der Waals surface area contributed by atoms with Crippen molar-refractivity contribution in [3.05, 3.63) is 35.4 Å². The summed E-state index contributed by atoms with van der Waals surface area (Å²) in [6, 6.07) is 5.85. The van der Waals surface area contributed by atoms with Crippen LogP contribution in [0.15, 0.2) is 24.3 Å². The largest absolute Gasteiger partial charge is 0.444 e. The van der Waals surface area contributed by atoms with Crippen molar-refractivity contribution in [3.8, 4) is 0 Å². The molecule has 3 amide bonds. The summed E-state index contributed by atoms with van der Waals surface area (Å²) in [4.78, 5) is 57.0. The van der Waals surface area contributed by atoms with Crippen LogP contribution in [0.5, 0.6) is 0 Å². The second-order valence-electron chi connectivity index (χ2n) is 13.6. The lowest BCUT2D eigenvalue weighted by molar-refractivity contribution is -0.143. The average molecular weight is 583 g/mol. The first-order valence-electron chi connectivity index (χ1n) is 15.8. The second-order valence-corrected chi connectivity index (χ2v) is 13.6. The number of nitrogens with zero attached hydrogens (tertiary/aromatic N) is 2. The molecule has 1 unspecified atom stereocenters. The number of likely N-dealkylation sites (N-methyl/N-ethyl adjacent to an activating group) is 1. The third kappa shape index (κ3) is 7.71. The van der Waals surface area contributed by atoms with E-state index in [-0.39, 0.29) is 29.6 Å². The molecule has 0 bridgehead atoms. The molecule has 4 rings (SSSR count). The van der Waals surface area contributed by atoms with Crippen LogP contribution in [0.4, 0.5) is 4.79 Å². The minimum Gasteiger partial charge on any atom is -0.444 e. The summed E-state index contributed by atoms with van der Waals surface area (Å²) in [6.07, 6.45) is 7.97. The van der Waals surface area contributed by atoms with E-state index in [9.17, 15) is 19.2 Å². The number of carbonyl (C=O) groups excluding carboxylic acids is 4. The molecule has 0 spiro atoms. The smallest absolute Gasteiger partial charge is 0.410 e. The van der Waals surface area contributed by atoms with Crippen molar-refractivity contribution >= 4 is 23.7 Å². The van der Waals surface area contributed by atoms with E-state index in [1.165, 1.54) is 23.1 Å². The molecule has 1 aliphatic heterocycles. The van der Waals surface area contributed by atoms with Crippen molar-refractivity contribution in [1.82, 2.24) is 15.1 Å². The zero-order valence-electron chi connectivity index (χ0n) is 26.1. The number of fused-ring (bicyclic) bond motifs is 1. The third-order valence-corrected chi connectivity index (χ3v) is 9.26. The number of rotatable bonds is 8. The highest BCUT2D eigenvalue weighted by atomic mass is 16.6. The Kier molecular flexibility index (Phi) is 10.3. The van der Waals surface area contributed by atoms with Gasteiger partial charge in [-0.2, -0.15) is 0 Å². The highest BCUT2D eigenvalue weighted by molar-refractivity contribution is 5.95. The Morgan fingerprint density at radius 1 is 1.07 bits per heavy atom. The quantitative estimate of drug-likeness (QED) is 0.471. The molecular formula is C33H50N4O5. The van der Waals surface area contributed by atoms with Crippen LogP contribution < -0.4 is 11.1 Å². The van der Waals surface area contributed by atoms with Gasteiger partial charge in [0.25, 0.3) is 0 Å². The molecule has 3 N–H and O–H groups in total. The summed E-state index contributed by atoms with van der Waals surface area (Å²) >= 11 is 0. The first-order valence-corrected chi connectivity index (χ1v) is 15.8. The number of hydrogen-bond donors (Lipinski definition) is 2. The third-order valence-electron chi connectivity index (χ3n) is 9.26. The fourth-order valence-corrected chi connectivity index (χ4v) is 6.83. The molecule has 9 nitrogen and oxygen atoms in total. The van der Waals surface area contributed by atoms with Crippen LogP contribution in [-0.4, -0.2) is 76.9 Å². The summed E-state index contributed by atoms with van der Waals surface area (Å²) in [5, 5.41) is 3.00. The molecule has 1 aromatic rings. The lowest BCUT2D eigenvalue weighted by atomic mass is 9.79. The SMILES string of the molecule is C[C@@H](C(=O)NC(C(=O)N1C[C@@H](N)C[C@H]1C(=O)C[C@@H]1CCCc2ccccc21)C1CCCCC1)N(C)C(=O)OC(C)(C)C. The second kappa shape index (κ2) is 13.6. The van der Waals surface area contributed by atoms with Crippen LogP contribution >= 0.6 is 0 Å². The summed E-state index contributed by atoms with van der Waals surface area (Å²) in [5.74, 6) is -0.499. The van der Waals surface area contributed by atoms with Crippen LogP contribution in [0.3, 0.4) is 0 Å². The highest BCUT2D eigenvalue weighted by Gasteiger charge is 2.44. The molecule has 1 saturated heterocycles. The predicted octanol–water partition coefficient (Wildman–Crippen LogP) is 4.31. The van der Waals surface area contributed by atoms with E-state index in [1.807, 2.05) is 12.1 Å². The summed E-state index contributed by atoms with van der Waals surface area (Å²) in [6.45, 7) is 7.23. The molecule has 2 fully saturated rings. The topological polar surface area (TPSA) is 122 Å². The maximum Gasteiger partial charge on any atom is 0.410 e. The maximum atomic E-state index is 14.2. The molecule has 3 aliphatic rings. The molecule has 0 radical (unpaired) electrons. The number of hydrogen-bond acceptors (Lipinski definition) is 6. The minimum absolute atomic E-state index is 0.0352. The number of carbonyl (C=O) groups is 4. The number of ketones is 1. The van der Waals surface area contributed by atoms with Gasteiger partial charge in [-0.3, -0.25) is 19.3 Å². The van der Waals surface area contributed by atoms with Gasteiger partial charge in [0.15, 0.2) is 5.78 Å². The van der Waals surface area contributed by atoms with E-state index in [4.69, 9.17) is 10.5 Å². The van der Waals surface area contributed by atoms with Gasteiger partial charge in [-0.15, -0.1) is 0 Å². The van der Waals surface area contributed by atoms with Gasteiger partial charge in [-0.25, -0.2) is 4.79 Å². The average Bonchev–Trinajstić information content (AvgIpc) is 3.36. The normalized spacial score (nSPS) is 24.3. The van der Waals surface area contributed by atoms with E-state index < -0.39 is 35.7 Å². The Labute approximate surface area is 250 Å². The molecule has 1 aromatic carbocycles. The van der Waals surface area contributed by atoms with Crippen molar-refractivity contribution in [2.24, 2.45) is 11.7 Å². The summed E-state index contributed by atoms with van der Waals surface area (Å²) in [7, 11) is 1.52. The van der Waals surface area contributed by atoms with Gasteiger partial charge in [-0.05, 0) is 89.2 Å². The van der Waals surface area contributed by atoms with Crippen LogP contribution in [0.25, 0.3) is 0 Å². The Morgan fingerprint density at radius 2 is 1.76 bits per heavy atom. The fourth-order valence-electron chi connectivity index (χ4n) is 6.83. The van der Waals surface area contributed by atoms with E-state index in [2.05, 4.69) is 17.4 Å². The standard InChI is InChI=1S/C33H50N4O5/c1-21(36(5)32(41)42-33(2,3)4)30(39)35-29(23-13-7-6-8-14-23)31(40)37-20-25(34)19-27(37)28(38)18-24-16-11-15-22-12-9-10-17-26(22)24/h9-10,12,17,21,23-25,27,29H,6-8,11,13-16,18-20,34H2,1-5H3,(H,35,39)/t21-,24-,25-,27-,29?/m0/s1. The van der Waals surface area contributed by atoms with Crippen LogP contribution in [0.2, 0.25) is 0 Å². The van der Waals surface area contributed by atoms with E-state index in [0.717, 1.165) is 51.4 Å². The van der Waals surface area contributed by atoms with Crippen molar-refractivity contribution in [2.45, 2.75) is 128 Å². The van der Waals surface area contributed by atoms with Crippen molar-refractivity contribution in [2.75, 3.05) is 13.6 Å². The highest BCUT2D eigenvalue weighted by Crippen LogP contribution is 2.36. The zero-order valence-corrected chi connectivity index (χ0v) is 26.1. The number of aryl methyl sites for hydroxylation is 1. The van der Waals surface area contributed by atoms with Gasteiger partial charge >= 0.3 is 6.09 Å². The van der Waals surface area contributed by atoms with Gasteiger partial charge in [0.05, 0.1) is 6.04 Å².